The molecule has 1 aromatic rings. The minimum absolute atomic E-state index is 0.0700. The van der Waals surface area contributed by atoms with Gasteiger partial charge in [-0.05, 0) is 37.5 Å². The number of rotatable bonds is 4. The van der Waals surface area contributed by atoms with E-state index in [1.165, 1.54) is 12.1 Å². The second-order valence-corrected chi connectivity index (χ2v) is 5.26. The van der Waals surface area contributed by atoms with Crippen molar-refractivity contribution in [1.82, 2.24) is 5.32 Å². The molecule has 1 unspecified atom stereocenters. The third-order valence-electron chi connectivity index (χ3n) is 3.31. The van der Waals surface area contributed by atoms with Gasteiger partial charge in [-0.1, -0.05) is 12.1 Å². The lowest BCUT2D eigenvalue weighted by Gasteiger charge is -2.34. The zero-order valence-corrected chi connectivity index (χ0v) is 11.3. The second kappa shape index (κ2) is 6.01. The van der Waals surface area contributed by atoms with Gasteiger partial charge in [0, 0.05) is 18.7 Å². The molecule has 112 valence electrons. The Morgan fingerprint density at radius 3 is 2.55 bits per heavy atom. The number of halogens is 3. The van der Waals surface area contributed by atoms with E-state index in [2.05, 4.69) is 17.0 Å². The first-order valence-corrected chi connectivity index (χ1v) is 6.54. The Labute approximate surface area is 116 Å². The molecule has 20 heavy (non-hydrogen) atoms. The zero-order chi connectivity index (χ0) is 14.6. The normalized spacial score (nSPS) is 23.6. The average molecular weight is 289 g/mol. The summed E-state index contributed by atoms with van der Waals surface area (Å²) in [5.74, 6) is -0.200. The van der Waals surface area contributed by atoms with Gasteiger partial charge in [0.2, 0.25) is 0 Å². The fraction of sp³-hybridized carbons (Fsp3) is 0.571. The van der Waals surface area contributed by atoms with Gasteiger partial charge in [0.15, 0.2) is 0 Å². The summed E-state index contributed by atoms with van der Waals surface area (Å²) in [7, 11) is 0. The minimum Gasteiger partial charge on any atom is -0.406 e. The highest BCUT2D eigenvalue weighted by atomic mass is 19.4. The van der Waals surface area contributed by atoms with Gasteiger partial charge in [0.05, 0.1) is 6.61 Å². The molecule has 2 rings (SSSR count). The first kappa shape index (κ1) is 15.1. The number of hydrogen-bond donors (Lipinski definition) is 1. The van der Waals surface area contributed by atoms with Crippen LogP contribution in [-0.4, -0.2) is 25.1 Å². The van der Waals surface area contributed by atoms with Crippen LogP contribution < -0.4 is 10.1 Å². The number of nitrogens with one attached hydrogen (secondary N) is 1. The molecule has 0 bridgehead atoms. The third-order valence-corrected chi connectivity index (χ3v) is 3.31. The smallest absolute Gasteiger partial charge is 0.406 e. The summed E-state index contributed by atoms with van der Waals surface area (Å²) < 4.78 is 45.4. The Hall–Kier alpha value is -1.27. The predicted molar refractivity (Wildman–Crippen MR) is 68.4 cm³/mol. The fourth-order valence-electron chi connectivity index (χ4n) is 2.20. The minimum atomic E-state index is -4.65. The van der Waals surface area contributed by atoms with Crippen LogP contribution in [-0.2, 0) is 11.3 Å². The maximum atomic E-state index is 12.0. The van der Waals surface area contributed by atoms with Gasteiger partial charge >= 0.3 is 6.36 Å². The quantitative estimate of drug-likeness (QED) is 0.923. The van der Waals surface area contributed by atoms with E-state index in [9.17, 15) is 13.2 Å². The van der Waals surface area contributed by atoms with Crippen LogP contribution in [0.3, 0.4) is 0 Å². The largest absolute Gasteiger partial charge is 0.573 e. The van der Waals surface area contributed by atoms with Crippen molar-refractivity contribution in [3.05, 3.63) is 29.8 Å². The van der Waals surface area contributed by atoms with Crippen molar-refractivity contribution in [3.63, 3.8) is 0 Å². The lowest BCUT2D eigenvalue weighted by Crippen LogP contribution is -2.48. The molecule has 6 heteroatoms. The van der Waals surface area contributed by atoms with Crippen LogP contribution in [0.4, 0.5) is 13.2 Å². The Kier molecular flexibility index (Phi) is 4.55. The van der Waals surface area contributed by atoms with E-state index < -0.39 is 6.36 Å². The molecule has 0 amide bonds. The molecular weight excluding hydrogens is 271 g/mol. The summed E-state index contributed by atoms with van der Waals surface area (Å²) in [6, 6.07) is 5.90. The molecule has 0 aromatic heterocycles. The summed E-state index contributed by atoms with van der Waals surface area (Å²) in [5.41, 5.74) is 0.839. The van der Waals surface area contributed by atoms with Crippen molar-refractivity contribution < 1.29 is 22.6 Å². The molecule has 0 aliphatic carbocycles. The Morgan fingerprint density at radius 2 is 2.00 bits per heavy atom. The Morgan fingerprint density at radius 1 is 1.30 bits per heavy atom. The summed E-state index contributed by atoms with van der Waals surface area (Å²) in [6.07, 6.45) is -2.60. The molecule has 3 nitrogen and oxygen atoms in total. The van der Waals surface area contributed by atoms with Crippen LogP contribution in [0.15, 0.2) is 24.3 Å². The molecule has 1 fully saturated rings. The summed E-state index contributed by atoms with van der Waals surface area (Å²) in [6.45, 7) is 4.13. The van der Waals surface area contributed by atoms with Gasteiger partial charge < -0.3 is 14.8 Å². The molecule has 1 aliphatic rings. The van der Waals surface area contributed by atoms with Crippen LogP contribution in [0, 0.1) is 0 Å². The first-order valence-electron chi connectivity index (χ1n) is 6.54. The molecule has 1 saturated heterocycles. The van der Waals surface area contributed by atoms with Crippen LogP contribution in [0.2, 0.25) is 0 Å². The lowest BCUT2D eigenvalue weighted by atomic mass is 9.94. The van der Waals surface area contributed by atoms with Gasteiger partial charge in [0.25, 0.3) is 0 Å². The average Bonchev–Trinajstić information content (AvgIpc) is 2.37. The number of hydrogen-bond acceptors (Lipinski definition) is 3. The number of benzene rings is 1. The predicted octanol–water partition coefficient (Wildman–Crippen LogP) is 3.24. The molecule has 1 heterocycles. The van der Waals surface area contributed by atoms with E-state index in [1.807, 2.05) is 0 Å². The molecule has 1 atom stereocenters. The molecule has 0 radical (unpaired) electrons. The van der Waals surface area contributed by atoms with E-state index in [0.29, 0.717) is 13.2 Å². The Bertz CT molecular complexity index is 425. The molecular formula is C14H18F3NO2. The van der Waals surface area contributed by atoms with Crippen LogP contribution >= 0.6 is 0 Å². The zero-order valence-electron chi connectivity index (χ0n) is 11.3. The third kappa shape index (κ3) is 4.68. The fourth-order valence-corrected chi connectivity index (χ4v) is 2.20. The number of alkyl halides is 3. The first-order chi connectivity index (χ1) is 9.36. The van der Waals surface area contributed by atoms with Gasteiger partial charge in [-0.15, -0.1) is 13.2 Å². The second-order valence-electron chi connectivity index (χ2n) is 5.26. The van der Waals surface area contributed by atoms with Gasteiger partial charge in [0.1, 0.15) is 5.75 Å². The van der Waals surface area contributed by atoms with Gasteiger partial charge in [-0.3, -0.25) is 0 Å². The summed E-state index contributed by atoms with van der Waals surface area (Å²) in [5, 5.41) is 3.39. The highest BCUT2D eigenvalue weighted by molar-refractivity contribution is 5.27. The monoisotopic (exact) mass is 289 g/mol. The molecule has 1 aromatic carbocycles. The van der Waals surface area contributed by atoms with Gasteiger partial charge in [-0.2, -0.15) is 0 Å². The Balaban J connectivity index is 1.87. The van der Waals surface area contributed by atoms with Crippen molar-refractivity contribution in [2.45, 2.75) is 38.2 Å². The van der Waals surface area contributed by atoms with Crippen LogP contribution in [0.5, 0.6) is 5.75 Å². The molecule has 1 N–H and O–H groups in total. The maximum absolute atomic E-state index is 12.0. The van der Waals surface area contributed by atoms with Crippen LogP contribution in [0.25, 0.3) is 0 Å². The SMILES string of the molecule is CC1(NCc2ccc(OC(F)(F)F)cc2)CCCOC1. The van der Waals surface area contributed by atoms with Crippen LogP contribution in [0.1, 0.15) is 25.3 Å². The standard InChI is InChI=1S/C14H18F3NO2/c1-13(7-2-8-19-10-13)18-9-11-3-5-12(6-4-11)20-14(15,16)17/h3-6,18H,2,7-10H2,1H3. The molecule has 0 spiro atoms. The highest BCUT2D eigenvalue weighted by Gasteiger charge is 2.31. The summed E-state index contributed by atoms with van der Waals surface area (Å²) in [4.78, 5) is 0. The van der Waals surface area contributed by atoms with E-state index >= 15 is 0 Å². The summed E-state index contributed by atoms with van der Waals surface area (Å²) >= 11 is 0. The van der Waals surface area contributed by atoms with Crippen molar-refractivity contribution >= 4 is 0 Å². The van der Waals surface area contributed by atoms with E-state index in [1.54, 1.807) is 12.1 Å². The van der Waals surface area contributed by atoms with E-state index in [4.69, 9.17) is 4.74 Å². The lowest BCUT2D eigenvalue weighted by molar-refractivity contribution is -0.274. The van der Waals surface area contributed by atoms with Crippen molar-refractivity contribution in [2.24, 2.45) is 0 Å². The topological polar surface area (TPSA) is 30.5 Å². The van der Waals surface area contributed by atoms with Crippen molar-refractivity contribution in [1.29, 1.82) is 0 Å². The van der Waals surface area contributed by atoms with Gasteiger partial charge in [-0.25, -0.2) is 0 Å². The maximum Gasteiger partial charge on any atom is 0.573 e. The molecule has 0 saturated carbocycles. The van der Waals surface area contributed by atoms with Crippen molar-refractivity contribution in [3.8, 4) is 5.75 Å². The van der Waals surface area contributed by atoms with E-state index in [0.717, 1.165) is 25.0 Å². The highest BCUT2D eigenvalue weighted by Crippen LogP contribution is 2.23. The number of ether oxygens (including phenoxy) is 2. The van der Waals surface area contributed by atoms with Crippen molar-refractivity contribution in [2.75, 3.05) is 13.2 Å². The van der Waals surface area contributed by atoms with E-state index in [-0.39, 0.29) is 11.3 Å². The molecule has 1 aliphatic heterocycles.